The normalized spacial score (nSPS) is 18.2. The molecule has 2 rings (SSSR count). The number of carbonyl (C=O) groups is 1. The van der Waals surface area contributed by atoms with Crippen molar-refractivity contribution in [2.45, 2.75) is 55.1 Å². The van der Waals surface area contributed by atoms with E-state index >= 15 is 0 Å². The maximum Gasteiger partial charge on any atom is 0.320 e. The second-order valence-electron chi connectivity index (χ2n) is 6.03. The molecule has 1 saturated carbocycles. The van der Waals surface area contributed by atoms with Crippen LogP contribution in [0.4, 0.5) is 0 Å². The Morgan fingerprint density at radius 1 is 1.22 bits per heavy atom. The van der Waals surface area contributed by atoms with Gasteiger partial charge in [-0.05, 0) is 42.4 Å². The van der Waals surface area contributed by atoms with Gasteiger partial charge in [-0.2, -0.15) is 0 Å². The van der Waals surface area contributed by atoms with E-state index in [1.54, 1.807) is 0 Å². The molecule has 0 aliphatic heterocycles. The zero-order valence-corrected chi connectivity index (χ0v) is 12.0. The summed E-state index contributed by atoms with van der Waals surface area (Å²) in [5.74, 6) is -0.668. The lowest BCUT2D eigenvalue weighted by Crippen LogP contribution is -2.41. The third kappa shape index (κ3) is 2.56. The van der Waals surface area contributed by atoms with E-state index in [0.29, 0.717) is 0 Å². The van der Waals surface area contributed by atoms with Crippen LogP contribution < -0.4 is 0 Å². The zero-order chi connectivity index (χ0) is 13.4. The molecule has 0 spiro atoms. The van der Waals surface area contributed by atoms with Gasteiger partial charge >= 0.3 is 5.97 Å². The first-order valence-corrected chi connectivity index (χ1v) is 7.18. The Morgan fingerprint density at radius 2 is 1.78 bits per heavy atom. The largest absolute Gasteiger partial charge is 0.480 e. The number of hydrogen-bond acceptors (Lipinski definition) is 2. The molecule has 2 nitrogen and oxygen atoms in total. The molecule has 0 radical (unpaired) electrons. The summed E-state index contributed by atoms with van der Waals surface area (Å²) in [4.78, 5) is 12.4. The quantitative estimate of drug-likeness (QED) is 0.893. The van der Waals surface area contributed by atoms with Gasteiger partial charge in [-0.25, -0.2) is 0 Å². The molecule has 1 aliphatic rings. The van der Waals surface area contributed by atoms with Gasteiger partial charge in [-0.15, -0.1) is 11.8 Å². The highest BCUT2D eigenvalue weighted by Gasteiger charge is 2.45. The van der Waals surface area contributed by atoms with Gasteiger partial charge in [0.25, 0.3) is 0 Å². The van der Waals surface area contributed by atoms with Gasteiger partial charge in [-0.1, -0.05) is 32.9 Å². The lowest BCUT2D eigenvalue weighted by molar-refractivity contribution is -0.142. The van der Waals surface area contributed by atoms with Gasteiger partial charge in [0.2, 0.25) is 0 Å². The van der Waals surface area contributed by atoms with Crippen molar-refractivity contribution >= 4 is 17.7 Å². The van der Waals surface area contributed by atoms with E-state index in [9.17, 15) is 9.90 Å². The van der Waals surface area contributed by atoms with Crippen LogP contribution >= 0.6 is 11.8 Å². The highest BCUT2D eigenvalue weighted by molar-refractivity contribution is 8.01. The Kier molecular flexibility index (Phi) is 3.45. The van der Waals surface area contributed by atoms with Crippen LogP contribution in [0, 0.1) is 0 Å². The van der Waals surface area contributed by atoms with Crippen molar-refractivity contribution < 1.29 is 9.90 Å². The van der Waals surface area contributed by atoms with Crippen molar-refractivity contribution in [3.63, 3.8) is 0 Å². The summed E-state index contributed by atoms with van der Waals surface area (Å²) in [5.41, 5.74) is 1.43. The Labute approximate surface area is 113 Å². The first-order chi connectivity index (χ1) is 8.33. The van der Waals surface area contributed by atoms with E-state index in [0.717, 1.165) is 24.2 Å². The third-order valence-corrected chi connectivity index (χ3v) is 5.07. The first kappa shape index (κ1) is 13.5. The molecule has 3 heteroatoms. The third-order valence-electron chi connectivity index (χ3n) is 3.58. The van der Waals surface area contributed by atoms with Crippen LogP contribution in [0.3, 0.4) is 0 Å². The molecular formula is C15H20O2S. The minimum Gasteiger partial charge on any atom is -0.480 e. The fourth-order valence-corrected chi connectivity index (χ4v) is 3.41. The molecule has 1 aromatic rings. The predicted octanol–water partition coefficient (Wildman–Crippen LogP) is 4.08. The molecule has 1 aliphatic carbocycles. The molecule has 18 heavy (non-hydrogen) atoms. The van der Waals surface area contributed by atoms with Crippen molar-refractivity contribution in [1.82, 2.24) is 0 Å². The van der Waals surface area contributed by atoms with Crippen LogP contribution in [0.15, 0.2) is 29.2 Å². The SMILES string of the molecule is CC(C)(C)c1ccc(SC2(C(=O)O)CCC2)cc1. The maximum atomic E-state index is 11.3. The van der Waals surface area contributed by atoms with Crippen molar-refractivity contribution in [3.05, 3.63) is 29.8 Å². The fraction of sp³-hybridized carbons (Fsp3) is 0.533. The van der Waals surface area contributed by atoms with Gasteiger partial charge in [0.1, 0.15) is 4.75 Å². The summed E-state index contributed by atoms with van der Waals surface area (Å²) in [6, 6.07) is 8.32. The van der Waals surface area contributed by atoms with Gasteiger partial charge in [-0.3, -0.25) is 4.79 Å². The van der Waals surface area contributed by atoms with Gasteiger partial charge < -0.3 is 5.11 Å². The average Bonchev–Trinajstić information content (AvgIpc) is 2.22. The summed E-state index contributed by atoms with van der Waals surface area (Å²) in [7, 11) is 0. The second-order valence-corrected chi connectivity index (χ2v) is 7.49. The molecule has 0 heterocycles. The van der Waals surface area contributed by atoms with Crippen LogP contribution in [0.25, 0.3) is 0 Å². The highest BCUT2D eigenvalue weighted by Crippen LogP contribution is 2.47. The average molecular weight is 264 g/mol. The van der Waals surface area contributed by atoms with Crippen molar-refractivity contribution in [2.75, 3.05) is 0 Å². The summed E-state index contributed by atoms with van der Waals surface area (Å²) < 4.78 is -0.566. The molecule has 0 atom stereocenters. The van der Waals surface area contributed by atoms with E-state index in [2.05, 4.69) is 32.9 Å². The van der Waals surface area contributed by atoms with E-state index < -0.39 is 10.7 Å². The molecule has 0 aromatic heterocycles. The summed E-state index contributed by atoms with van der Waals surface area (Å²) in [6.07, 6.45) is 2.60. The van der Waals surface area contributed by atoms with Crippen LogP contribution in [-0.4, -0.2) is 15.8 Å². The van der Waals surface area contributed by atoms with Crippen LogP contribution in [-0.2, 0) is 10.2 Å². The lowest BCUT2D eigenvalue weighted by Gasteiger charge is -2.36. The fourth-order valence-electron chi connectivity index (χ4n) is 2.11. The van der Waals surface area contributed by atoms with Gasteiger partial charge in [0, 0.05) is 4.90 Å². The number of aliphatic carboxylic acids is 1. The first-order valence-electron chi connectivity index (χ1n) is 6.36. The minimum atomic E-state index is -0.668. The van der Waals surface area contributed by atoms with Crippen molar-refractivity contribution in [1.29, 1.82) is 0 Å². The molecule has 1 fully saturated rings. The molecule has 0 saturated heterocycles. The van der Waals surface area contributed by atoms with E-state index in [1.807, 2.05) is 12.1 Å². The number of thioether (sulfide) groups is 1. The monoisotopic (exact) mass is 264 g/mol. The molecule has 0 amide bonds. The van der Waals surface area contributed by atoms with Gasteiger partial charge in [0.15, 0.2) is 0 Å². The van der Waals surface area contributed by atoms with Crippen LogP contribution in [0.1, 0.15) is 45.6 Å². The Hall–Kier alpha value is -0.960. The Bertz CT molecular complexity index is 439. The number of carboxylic acid groups (broad SMARTS) is 1. The Balaban J connectivity index is 2.14. The van der Waals surface area contributed by atoms with Crippen LogP contribution in [0.2, 0.25) is 0 Å². The van der Waals surface area contributed by atoms with E-state index in [1.165, 1.54) is 17.3 Å². The smallest absolute Gasteiger partial charge is 0.320 e. The topological polar surface area (TPSA) is 37.3 Å². The molecule has 0 unspecified atom stereocenters. The van der Waals surface area contributed by atoms with E-state index in [4.69, 9.17) is 0 Å². The van der Waals surface area contributed by atoms with Crippen molar-refractivity contribution in [2.24, 2.45) is 0 Å². The molecule has 0 bridgehead atoms. The molecule has 1 N–H and O–H groups in total. The number of carboxylic acids is 1. The zero-order valence-electron chi connectivity index (χ0n) is 11.2. The van der Waals surface area contributed by atoms with Crippen LogP contribution in [0.5, 0.6) is 0 Å². The lowest BCUT2D eigenvalue weighted by atomic mass is 9.84. The van der Waals surface area contributed by atoms with Gasteiger partial charge in [0.05, 0.1) is 0 Å². The highest BCUT2D eigenvalue weighted by atomic mass is 32.2. The molecule has 98 valence electrons. The molecular weight excluding hydrogens is 244 g/mol. The summed E-state index contributed by atoms with van der Waals surface area (Å²) >= 11 is 1.51. The number of rotatable bonds is 3. The number of benzene rings is 1. The molecule has 1 aromatic carbocycles. The van der Waals surface area contributed by atoms with Crippen molar-refractivity contribution in [3.8, 4) is 0 Å². The maximum absolute atomic E-state index is 11.3. The summed E-state index contributed by atoms with van der Waals surface area (Å²) in [5, 5.41) is 9.31. The summed E-state index contributed by atoms with van der Waals surface area (Å²) in [6.45, 7) is 6.54. The second kappa shape index (κ2) is 4.61. The Morgan fingerprint density at radius 3 is 2.11 bits per heavy atom. The predicted molar refractivity (Wildman–Crippen MR) is 75.2 cm³/mol. The minimum absolute atomic E-state index is 0.143. The number of hydrogen-bond donors (Lipinski definition) is 1. The van der Waals surface area contributed by atoms with E-state index in [-0.39, 0.29) is 5.41 Å². The standard InChI is InChI=1S/C15H20O2S/c1-14(2,3)11-5-7-12(8-6-11)18-15(13(16)17)9-4-10-15/h5-8H,4,9-10H2,1-3H3,(H,16,17).